The molecule has 0 aromatic rings. The van der Waals surface area contributed by atoms with Crippen LogP contribution in [-0.2, 0) is 0 Å². The van der Waals surface area contributed by atoms with Gasteiger partial charge in [-0.1, -0.05) is 0 Å². The first-order chi connectivity index (χ1) is 1.73. The Bertz CT molecular complexity index is 8.00. The van der Waals surface area contributed by atoms with Gasteiger partial charge in [-0.05, 0) is 0 Å². The van der Waals surface area contributed by atoms with Gasteiger partial charge in [-0.2, -0.15) is 0 Å². The maximum atomic E-state index is 9.88. The summed E-state index contributed by atoms with van der Waals surface area (Å²) in [5, 5.41) is 0. The number of halogens is 3. The van der Waals surface area contributed by atoms with E-state index in [1.165, 1.54) is 0 Å². The summed E-state index contributed by atoms with van der Waals surface area (Å²) in [5.74, 6) is 0. The molecule has 22 valence electrons. The Hall–Kier alpha value is 0.790. The van der Waals surface area contributed by atoms with Crippen LogP contribution in [0.25, 0.3) is 0 Å². The minimum absolute atomic E-state index is 5.16. The fourth-order valence-corrected chi connectivity index (χ4v) is 0. The van der Waals surface area contributed by atoms with Crippen molar-refractivity contribution in [1.29, 1.82) is 0 Å². The zero-order valence-electron chi connectivity index (χ0n) is 2.13. The molecular weight excluding hydrogens is 80.0 g/mol. The third-order valence-corrected chi connectivity index (χ3v) is 0. The quantitative estimate of drug-likeness (QED) is 0.379. The fraction of sp³-hybridized carbons (Fsp3) is 0. The Morgan fingerprint density at radius 3 is 1.00 bits per heavy atom. The zero-order valence-corrected chi connectivity index (χ0v) is 4.13. The van der Waals surface area contributed by atoms with Crippen molar-refractivity contribution in [2.75, 3.05) is 0 Å². The van der Waals surface area contributed by atoms with Crippen molar-refractivity contribution < 1.29 is 6.81 Å². The molecule has 0 fully saturated rings. The zero-order chi connectivity index (χ0) is 3.58. The topological polar surface area (TPSA) is 0 Å². The van der Waals surface area contributed by atoms with Gasteiger partial charge in [0.15, 0.2) is 0 Å². The molecule has 0 unspecified atom stereocenters. The second-order valence-corrected chi connectivity index (χ2v) is 1.29. The second kappa shape index (κ2) is 2.05. The molecule has 0 rings (SSSR count). The van der Waals surface area contributed by atoms with Crippen LogP contribution in [0.15, 0.2) is 0 Å². The van der Waals surface area contributed by atoms with Crippen molar-refractivity contribution in [3.63, 3.8) is 0 Å². The summed E-state index contributed by atoms with van der Waals surface area (Å²) < 4.78 is 29.6. The summed E-state index contributed by atoms with van der Waals surface area (Å²) in [5.41, 5.74) is 0. The van der Waals surface area contributed by atoms with Crippen LogP contribution < -0.4 is 0 Å². The third kappa shape index (κ3) is 14.3. The summed E-state index contributed by atoms with van der Waals surface area (Å²) in [4.78, 5) is 0. The van der Waals surface area contributed by atoms with Crippen LogP contribution in [0.1, 0.15) is 0 Å². The van der Waals surface area contributed by atoms with Gasteiger partial charge >= 0.3 is 33.5 Å². The van der Waals surface area contributed by atoms with E-state index in [0.29, 0.717) is 0 Å². The molecule has 0 aromatic carbocycles. The molecule has 0 saturated heterocycles. The van der Waals surface area contributed by atoms with E-state index in [2.05, 4.69) is 0 Å². The van der Waals surface area contributed by atoms with Gasteiger partial charge in [0.05, 0.1) is 0 Å². The second-order valence-electron chi connectivity index (χ2n) is 0.429. The van der Waals surface area contributed by atoms with Gasteiger partial charge in [0, 0.05) is 0 Å². The molecule has 0 aliphatic heterocycles. The van der Waals surface area contributed by atoms with Gasteiger partial charge in [0.1, 0.15) is 0 Å². The summed E-state index contributed by atoms with van der Waals surface area (Å²) in [7, 11) is 0. The normalized spacial score (nSPS) is 9.00. The van der Waals surface area contributed by atoms with Gasteiger partial charge < -0.3 is 0 Å². The maximum absolute atomic E-state index is 9.88. The molecule has 0 aromatic heterocycles. The first-order valence-electron chi connectivity index (χ1n) is 1.13. The molecule has 4 heteroatoms. The first kappa shape index (κ1) is 4.79. The van der Waals surface area contributed by atoms with Crippen LogP contribution in [0.2, 0.25) is 0 Å². The SMILES string of the molecule is [F][Na]([F])[F]. The standard InChI is InChI=1S/3FH.Na/h3*1H;/q;;;+3/p-3. The van der Waals surface area contributed by atoms with Crippen molar-refractivity contribution in [3.8, 4) is 0 Å². The van der Waals surface area contributed by atoms with E-state index in [9.17, 15) is 6.81 Å². The van der Waals surface area contributed by atoms with Crippen molar-refractivity contribution in [1.82, 2.24) is 0 Å². The number of rotatable bonds is 0. The monoisotopic (exact) mass is 80.0 g/mol. The van der Waals surface area contributed by atoms with Gasteiger partial charge in [-0.3, -0.25) is 0 Å². The third-order valence-electron chi connectivity index (χ3n) is 0. The number of hydrogen-bond acceptors (Lipinski definition) is 0. The van der Waals surface area contributed by atoms with Crippen LogP contribution in [0, 0.1) is 0 Å². The predicted octanol–water partition coefficient (Wildman–Crippen LogP) is 0.880. The van der Waals surface area contributed by atoms with Crippen LogP contribution in [-0.4, -0.2) is 26.7 Å². The number of hydrogen-bond donors (Lipinski definition) is 0. The summed E-state index contributed by atoms with van der Waals surface area (Å²) in [6.07, 6.45) is 0. The molecule has 0 bridgehead atoms. The molecule has 4 radical (unpaired) electrons. The van der Waals surface area contributed by atoms with E-state index in [1.807, 2.05) is 0 Å². The Labute approximate surface area is 33.8 Å². The molecule has 0 amide bonds. The molecule has 4 heavy (non-hydrogen) atoms. The molecule has 0 spiro atoms. The molecule has 0 heterocycles. The fourth-order valence-electron chi connectivity index (χ4n) is 0. The molecule has 0 N–H and O–H groups in total. The average Bonchev–Trinajstić information content (AvgIpc) is 0.811. The molecule has 0 atom stereocenters. The predicted molar refractivity (Wildman–Crippen MR) is 9.08 cm³/mol. The first-order valence-corrected chi connectivity index (χ1v) is 3.40. The summed E-state index contributed by atoms with van der Waals surface area (Å²) in [6.45, 7) is 0. The summed E-state index contributed by atoms with van der Waals surface area (Å²) in [6, 6.07) is 0. The molecular formula is F3Na. The van der Waals surface area contributed by atoms with Crippen molar-refractivity contribution in [3.05, 3.63) is 0 Å². The van der Waals surface area contributed by atoms with Gasteiger partial charge in [0.25, 0.3) is 0 Å². The van der Waals surface area contributed by atoms with E-state index >= 15 is 0 Å². The molecule has 0 nitrogen and oxygen atoms in total. The van der Waals surface area contributed by atoms with Crippen molar-refractivity contribution in [2.45, 2.75) is 0 Å². The van der Waals surface area contributed by atoms with E-state index < -0.39 is 26.7 Å². The summed E-state index contributed by atoms with van der Waals surface area (Å²) >= 11 is -5.16. The van der Waals surface area contributed by atoms with Gasteiger partial charge in [0.2, 0.25) is 0 Å². The van der Waals surface area contributed by atoms with Crippen LogP contribution in [0.4, 0.5) is 6.81 Å². The van der Waals surface area contributed by atoms with E-state index in [-0.39, 0.29) is 0 Å². The van der Waals surface area contributed by atoms with Crippen molar-refractivity contribution in [2.24, 2.45) is 0 Å². The molecule has 0 aliphatic carbocycles. The Morgan fingerprint density at radius 1 is 1.00 bits per heavy atom. The van der Waals surface area contributed by atoms with Gasteiger partial charge in [-0.25, -0.2) is 0 Å². The van der Waals surface area contributed by atoms with Crippen LogP contribution in [0.5, 0.6) is 0 Å². The van der Waals surface area contributed by atoms with Gasteiger partial charge in [-0.15, -0.1) is 0 Å². The van der Waals surface area contributed by atoms with E-state index in [0.717, 1.165) is 0 Å². The average molecular weight is 80.0 g/mol. The Morgan fingerprint density at radius 2 is 1.00 bits per heavy atom. The van der Waals surface area contributed by atoms with E-state index in [1.54, 1.807) is 0 Å². The Kier molecular flexibility index (Phi) is 2.46. The molecule has 0 aliphatic rings. The van der Waals surface area contributed by atoms with Crippen molar-refractivity contribution >= 4 is 26.7 Å². The molecule has 0 saturated carbocycles. The van der Waals surface area contributed by atoms with E-state index in [4.69, 9.17) is 0 Å². The minimum atomic E-state index is -5.16. The Balaban J connectivity index is 2.32. The van der Waals surface area contributed by atoms with Crippen LogP contribution >= 0.6 is 0 Å². The van der Waals surface area contributed by atoms with Crippen LogP contribution in [0.3, 0.4) is 0 Å².